The number of unbranched alkanes of at least 4 members (excludes halogenated alkanes) is 1. The van der Waals surface area contributed by atoms with Crippen molar-refractivity contribution in [1.82, 2.24) is 0 Å². The van der Waals surface area contributed by atoms with Gasteiger partial charge in [0.1, 0.15) is 36.1 Å². The van der Waals surface area contributed by atoms with Gasteiger partial charge in [-0.2, -0.15) is 0 Å². The molecule has 0 radical (unpaired) electrons. The number of fused-ring (bicyclic) bond motifs is 9. The van der Waals surface area contributed by atoms with Crippen molar-refractivity contribution >= 4 is 22.6 Å². The van der Waals surface area contributed by atoms with Gasteiger partial charge in [-0.3, -0.25) is 4.79 Å². The smallest absolute Gasteiger partial charge is 0.161 e. The number of phenols is 1. The van der Waals surface area contributed by atoms with Crippen LogP contribution in [-0.4, -0.2) is 40.9 Å². The zero-order chi connectivity index (χ0) is 39.1. The summed E-state index contributed by atoms with van der Waals surface area (Å²) in [6, 6.07) is 22.2. The fourth-order valence-electron chi connectivity index (χ4n) is 8.84. The molecule has 0 saturated heterocycles. The summed E-state index contributed by atoms with van der Waals surface area (Å²) in [5.41, 5.74) is 5.46. The van der Waals surface area contributed by atoms with E-state index in [1.54, 1.807) is 13.2 Å². The lowest BCUT2D eigenvalue weighted by Gasteiger charge is -2.41. The number of aliphatic hydroxyl groups is 2. The number of Topliss-reactive ketones (excluding diaryl/α,β-unsaturated/α-hetero) is 1. The lowest BCUT2D eigenvalue weighted by molar-refractivity contribution is -0.121. The third-order valence-corrected chi connectivity index (χ3v) is 11.8. The topological polar surface area (TPSA) is 105 Å². The number of rotatable bonds is 10. The lowest BCUT2D eigenvalue weighted by Crippen LogP contribution is -2.36. The molecule has 2 aliphatic heterocycles. The number of methoxy groups -OCH3 is 1. The summed E-state index contributed by atoms with van der Waals surface area (Å²) < 4.78 is 18.4. The van der Waals surface area contributed by atoms with Gasteiger partial charge in [-0.25, -0.2) is 0 Å². The Morgan fingerprint density at radius 3 is 2.66 bits per heavy atom. The second-order valence-corrected chi connectivity index (χ2v) is 15.6. The Labute approximate surface area is 330 Å². The van der Waals surface area contributed by atoms with Gasteiger partial charge in [0.25, 0.3) is 0 Å². The summed E-state index contributed by atoms with van der Waals surface area (Å²) in [5.74, 6) is 4.90. The van der Waals surface area contributed by atoms with Crippen molar-refractivity contribution in [3.05, 3.63) is 130 Å². The van der Waals surface area contributed by atoms with E-state index in [1.807, 2.05) is 48.5 Å². The van der Waals surface area contributed by atoms with Crippen LogP contribution in [0.25, 0.3) is 16.8 Å². The maximum absolute atomic E-state index is 13.8. The Balaban J connectivity index is 1.21. The van der Waals surface area contributed by atoms with Gasteiger partial charge in [-0.1, -0.05) is 86.0 Å². The number of aryl methyl sites for hydroxylation is 2. The predicted octanol–water partition coefficient (Wildman–Crippen LogP) is 9.86. The van der Waals surface area contributed by atoms with E-state index in [4.69, 9.17) is 14.2 Å². The van der Waals surface area contributed by atoms with Crippen molar-refractivity contribution < 1.29 is 34.3 Å². The summed E-state index contributed by atoms with van der Waals surface area (Å²) in [7, 11) is 1.62. The van der Waals surface area contributed by atoms with Crippen LogP contribution in [0.3, 0.4) is 0 Å². The van der Waals surface area contributed by atoms with Crippen LogP contribution in [0.2, 0.25) is 0 Å². The Morgan fingerprint density at radius 2 is 1.84 bits per heavy atom. The van der Waals surface area contributed by atoms with Gasteiger partial charge in [-0.05, 0) is 113 Å². The van der Waals surface area contributed by atoms with E-state index >= 15 is 0 Å². The van der Waals surface area contributed by atoms with E-state index in [-0.39, 0.29) is 48.6 Å². The molecule has 2 heterocycles. The monoisotopic (exact) mass is 752 g/mol. The fraction of sp³-hybridized carbons (Fsp3) is 0.367. The number of ketones is 1. The van der Waals surface area contributed by atoms with Crippen LogP contribution in [0.15, 0.2) is 96.8 Å². The van der Waals surface area contributed by atoms with Crippen LogP contribution in [0.1, 0.15) is 91.2 Å². The Kier molecular flexibility index (Phi) is 12.2. The highest BCUT2D eigenvalue weighted by atomic mass is 16.5. The van der Waals surface area contributed by atoms with E-state index in [0.29, 0.717) is 49.4 Å². The second-order valence-electron chi connectivity index (χ2n) is 15.6. The second kappa shape index (κ2) is 17.6. The molecule has 0 unspecified atom stereocenters. The first-order chi connectivity index (χ1) is 27.3. The summed E-state index contributed by atoms with van der Waals surface area (Å²) in [6.07, 6.45) is 18.1. The van der Waals surface area contributed by atoms with Crippen LogP contribution < -0.4 is 9.47 Å². The van der Waals surface area contributed by atoms with Gasteiger partial charge in [0, 0.05) is 42.8 Å². The fourth-order valence-corrected chi connectivity index (χ4v) is 8.84. The van der Waals surface area contributed by atoms with Gasteiger partial charge >= 0.3 is 0 Å². The van der Waals surface area contributed by atoms with Gasteiger partial charge < -0.3 is 29.5 Å². The molecule has 290 valence electrons. The van der Waals surface area contributed by atoms with E-state index in [2.05, 4.69) is 61.4 Å². The number of hydrogen-bond donors (Lipinski definition) is 3. The molecular weight excluding hydrogens is 701 g/mol. The van der Waals surface area contributed by atoms with Crippen LogP contribution in [0.5, 0.6) is 17.2 Å². The number of benzene rings is 4. The van der Waals surface area contributed by atoms with Gasteiger partial charge in [0.15, 0.2) is 11.5 Å². The molecule has 0 spiro atoms. The molecule has 0 aromatic heterocycles. The largest absolute Gasteiger partial charge is 0.508 e. The Morgan fingerprint density at radius 1 is 0.982 bits per heavy atom. The molecule has 4 aromatic rings. The predicted molar refractivity (Wildman–Crippen MR) is 221 cm³/mol. The number of phenolic OH excluding ortho intramolecular Hbond substituents is 1. The molecular formula is C49H52O7. The zero-order valence-corrected chi connectivity index (χ0v) is 32.4. The maximum atomic E-state index is 13.8. The molecule has 6 bridgehead atoms. The number of aromatic hydroxyl groups is 1. The third kappa shape index (κ3) is 8.67. The minimum atomic E-state index is -0.638. The molecule has 7 heteroatoms. The summed E-state index contributed by atoms with van der Waals surface area (Å²) >= 11 is 0. The minimum Gasteiger partial charge on any atom is -0.508 e. The van der Waals surface area contributed by atoms with Crippen LogP contribution in [0.4, 0.5) is 0 Å². The first kappa shape index (κ1) is 38.8. The van der Waals surface area contributed by atoms with E-state index in [9.17, 15) is 20.1 Å². The molecule has 4 aromatic carbocycles. The summed E-state index contributed by atoms with van der Waals surface area (Å²) in [6.45, 7) is 2.36. The highest BCUT2D eigenvalue weighted by molar-refractivity contribution is 6.00. The number of hydrogen-bond acceptors (Lipinski definition) is 7. The molecule has 2 aliphatic carbocycles. The zero-order valence-electron chi connectivity index (χ0n) is 32.4. The SMILES string of the molecule is COc1ccc2cc1OCc1ccc3c(c(O)cc4c3c1C=C[C@H]4C)CC#CO[C@@H](C[C@@]1(CCO)C=C(O)C=C[C@@H]1CCCCc1ccccc1)CC(=O)CC2. The number of ether oxygens (including phenoxy) is 3. The van der Waals surface area contributed by atoms with Gasteiger partial charge in [0.05, 0.1) is 7.11 Å². The van der Waals surface area contributed by atoms with Crippen molar-refractivity contribution in [1.29, 1.82) is 0 Å². The van der Waals surface area contributed by atoms with E-state index < -0.39 is 11.5 Å². The van der Waals surface area contributed by atoms with Crippen LogP contribution in [0, 0.1) is 23.4 Å². The number of allylic oxidation sites excluding steroid dienone is 4. The molecule has 4 atom stereocenters. The van der Waals surface area contributed by atoms with Crippen molar-refractivity contribution in [2.45, 2.75) is 89.8 Å². The average molecular weight is 753 g/mol. The van der Waals surface area contributed by atoms with Gasteiger partial charge in [0.2, 0.25) is 0 Å². The van der Waals surface area contributed by atoms with Crippen molar-refractivity contribution in [3.8, 4) is 29.3 Å². The quantitative estimate of drug-likeness (QED) is 0.109. The highest BCUT2D eigenvalue weighted by Crippen LogP contribution is 2.46. The molecule has 0 saturated carbocycles. The Hall–Kier alpha value is -5.45. The highest BCUT2D eigenvalue weighted by Gasteiger charge is 2.40. The number of carbonyl (C=O) groups excluding carboxylic acids is 1. The van der Waals surface area contributed by atoms with E-state index in [1.165, 1.54) is 5.56 Å². The molecule has 3 N–H and O–H groups in total. The van der Waals surface area contributed by atoms with Crippen molar-refractivity contribution in [3.63, 3.8) is 0 Å². The first-order valence-corrected chi connectivity index (χ1v) is 19.9. The van der Waals surface area contributed by atoms with Crippen LogP contribution >= 0.6 is 0 Å². The molecule has 8 rings (SSSR count). The lowest BCUT2D eigenvalue weighted by atomic mass is 9.65. The number of aliphatic hydroxyl groups excluding tert-OH is 2. The standard InChI is InChI=1S/C49H52O7/c1-33-14-21-41-36-17-22-43-42(45(53)29-44(33)48(41)43)13-8-26-55-40(28-38(51)19-15-35-16-23-46(54-2)47(27-35)56-32-36)31-49(24-25-50)30-39(52)20-18-37(49)12-7-6-11-34-9-4-3-5-10-34/h3-5,9-10,14,16-18,20-23,27,29-30,33,37,40,50,52-53H,6-7,11-13,15,19,24-25,28,31-32H2,1-2H3/t33-,37+,40-,49-/m1/s1. The van der Waals surface area contributed by atoms with Crippen molar-refractivity contribution in [2.75, 3.05) is 13.7 Å². The first-order valence-electron chi connectivity index (χ1n) is 19.9. The van der Waals surface area contributed by atoms with Gasteiger partial charge in [-0.15, -0.1) is 0 Å². The molecule has 0 amide bonds. The van der Waals surface area contributed by atoms with E-state index in [0.717, 1.165) is 58.7 Å². The summed E-state index contributed by atoms with van der Waals surface area (Å²) in [4.78, 5) is 13.8. The molecule has 0 fully saturated rings. The molecule has 4 aliphatic rings. The summed E-state index contributed by atoms with van der Waals surface area (Å²) in [5, 5.41) is 34.6. The molecule has 7 nitrogen and oxygen atoms in total. The number of carbonyl (C=O) groups is 1. The minimum absolute atomic E-state index is 0.0265. The van der Waals surface area contributed by atoms with Crippen LogP contribution in [-0.2, 0) is 35.4 Å². The molecule has 56 heavy (non-hydrogen) atoms. The van der Waals surface area contributed by atoms with Crippen molar-refractivity contribution in [2.24, 2.45) is 11.3 Å². The third-order valence-electron chi connectivity index (χ3n) is 11.8. The maximum Gasteiger partial charge on any atom is 0.161 e. The Bertz CT molecular complexity index is 2200. The average Bonchev–Trinajstić information content (AvgIpc) is 3.19. The normalized spacial score (nSPS) is 21.9.